The molecule has 0 saturated heterocycles. The van der Waals surface area contributed by atoms with E-state index in [1.54, 1.807) is 25.3 Å². The highest BCUT2D eigenvalue weighted by molar-refractivity contribution is 14.0. The maximum Gasteiger partial charge on any atom is 0.410 e. The Morgan fingerprint density at radius 3 is 2.58 bits per heavy atom. The molecule has 0 aliphatic carbocycles. The fraction of sp³-hybridized carbons (Fsp3) is 0.647. The third kappa shape index (κ3) is 10.5. The van der Waals surface area contributed by atoms with Gasteiger partial charge >= 0.3 is 6.09 Å². The molecule has 0 saturated carbocycles. The number of carbonyl (C=O) groups is 1. The lowest BCUT2D eigenvalue weighted by atomic mass is 10.2. The molecule has 0 unspecified atom stereocenters. The second-order valence-corrected chi connectivity index (χ2v) is 6.39. The van der Waals surface area contributed by atoms with Crippen molar-refractivity contribution < 1.29 is 18.7 Å². The van der Waals surface area contributed by atoms with Crippen LogP contribution >= 0.6 is 24.0 Å². The van der Waals surface area contributed by atoms with Crippen molar-refractivity contribution in [2.45, 2.75) is 32.9 Å². The molecule has 1 amide bonds. The number of nitrogens with zero attached hydrogens (tertiary/aromatic N) is 2. The lowest BCUT2D eigenvalue weighted by molar-refractivity contribution is 0.0206. The number of hydrogen-bond donors (Lipinski definition) is 2. The summed E-state index contributed by atoms with van der Waals surface area (Å²) < 4.78 is 15.8. The first kappa shape index (κ1) is 24.5. The van der Waals surface area contributed by atoms with E-state index in [1.165, 1.54) is 0 Å². The molecule has 0 aliphatic rings. The van der Waals surface area contributed by atoms with Crippen molar-refractivity contribution >= 4 is 36.0 Å². The molecule has 0 radical (unpaired) electrons. The Balaban J connectivity index is 0.00000625. The quantitative estimate of drug-likeness (QED) is 0.336. The Kier molecular flexibility index (Phi) is 12.1. The van der Waals surface area contributed by atoms with Crippen LogP contribution in [0, 0.1) is 0 Å². The summed E-state index contributed by atoms with van der Waals surface area (Å²) in [7, 11) is 3.29. The van der Waals surface area contributed by atoms with E-state index in [9.17, 15) is 4.79 Å². The first-order valence-corrected chi connectivity index (χ1v) is 8.29. The summed E-state index contributed by atoms with van der Waals surface area (Å²) in [5.41, 5.74) is -0.531. The number of furan rings is 1. The molecule has 1 aromatic heterocycles. The Bertz CT molecular complexity index is 529. The SMILES string of the molecule is CN=C(NCCN(CCOC)C(=O)OC(C)(C)C)NCc1ccco1.I. The van der Waals surface area contributed by atoms with E-state index in [1.807, 2.05) is 32.9 Å². The first-order valence-electron chi connectivity index (χ1n) is 8.29. The normalized spacial score (nSPS) is 11.5. The zero-order valence-corrected chi connectivity index (χ0v) is 18.5. The fourth-order valence-electron chi connectivity index (χ4n) is 1.94. The number of guanidine groups is 1. The molecule has 0 bridgehead atoms. The van der Waals surface area contributed by atoms with Gasteiger partial charge in [-0.1, -0.05) is 0 Å². The number of rotatable bonds is 8. The predicted octanol–water partition coefficient (Wildman–Crippen LogP) is 2.45. The number of nitrogens with one attached hydrogen (secondary N) is 2. The van der Waals surface area contributed by atoms with E-state index in [-0.39, 0.29) is 30.1 Å². The predicted molar refractivity (Wildman–Crippen MR) is 112 cm³/mol. The van der Waals surface area contributed by atoms with Crippen LogP contribution in [0.25, 0.3) is 0 Å². The van der Waals surface area contributed by atoms with Gasteiger partial charge in [0.1, 0.15) is 11.4 Å². The average molecular weight is 482 g/mol. The highest BCUT2D eigenvalue weighted by atomic mass is 127. The maximum atomic E-state index is 12.3. The molecule has 2 N–H and O–H groups in total. The molecular weight excluding hydrogens is 451 g/mol. The summed E-state index contributed by atoms with van der Waals surface area (Å²) in [4.78, 5) is 18.0. The second kappa shape index (κ2) is 12.8. The number of ether oxygens (including phenoxy) is 2. The molecule has 0 aromatic carbocycles. The molecule has 0 atom stereocenters. The minimum Gasteiger partial charge on any atom is -0.467 e. The van der Waals surface area contributed by atoms with Crippen LogP contribution < -0.4 is 10.6 Å². The molecule has 150 valence electrons. The van der Waals surface area contributed by atoms with Gasteiger partial charge < -0.3 is 29.4 Å². The van der Waals surface area contributed by atoms with Crippen molar-refractivity contribution in [2.75, 3.05) is 40.4 Å². The van der Waals surface area contributed by atoms with E-state index in [4.69, 9.17) is 13.9 Å². The summed E-state index contributed by atoms with van der Waals surface area (Å²) in [6.45, 7) is 7.98. The van der Waals surface area contributed by atoms with E-state index >= 15 is 0 Å². The third-order valence-corrected chi connectivity index (χ3v) is 3.12. The number of amides is 1. The van der Waals surface area contributed by atoms with Crippen LogP contribution in [-0.4, -0.2) is 63.0 Å². The molecule has 0 aliphatic heterocycles. The van der Waals surface area contributed by atoms with Crippen molar-refractivity contribution in [2.24, 2.45) is 4.99 Å². The third-order valence-electron chi connectivity index (χ3n) is 3.12. The molecule has 9 heteroatoms. The fourth-order valence-corrected chi connectivity index (χ4v) is 1.94. The zero-order valence-electron chi connectivity index (χ0n) is 16.2. The molecular formula is C17H31IN4O4. The number of halogens is 1. The van der Waals surface area contributed by atoms with Crippen molar-refractivity contribution in [1.29, 1.82) is 0 Å². The van der Waals surface area contributed by atoms with Gasteiger partial charge in [-0.2, -0.15) is 0 Å². The van der Waals surface area contributed by atoms with Gasteiger partial charge in [0.25, 0.3) is 0 Å². The van der Waals surface area contributed by atoms with E-state index in [0.29, 0.717) is 38.7 Å². The van der Waals surface area contributed by atoms with Crippen molar-refractivity contribution in [3.63, 3.8) is 0 Å². The molecule has 1 rings (SSSR count). The monoisotopic (exact) mass is 482 g/mol. The zero-order chi connectivity index (χ0) is 18.7. The smallest absolute Gasteiger partial charge is 0.410 e. The van der Waals surface area contributed by atoms with Gasteiger partial charge in [-0.15, -0.1) is 24.0 Å². The Morgan fingerprint density at radius 1 is 1.31 bits per heavy atom. The highest BCUT2D eigenvalue weighted by Crippen LogP contribution is 2.09. The van der Waals surface area contributed by atoms with E-state index < -0.39 is 5.60 Å². The number of hydrogen-bond acceptors (Lipinski definition) is 5. The van der Waals surface area contributed by atoms with Gasteiger partial charge in [0.15, 0.2) is 5.96 Å². The highest BCUT2D eigenvalue weighted by Gasteiger charge is 2.21. The van der Waals surface area contributed by atoms with E-state index in [2.05, 4.69) is 15.6 Å². The second-order valence-electron chi connectivity index (χ2n) is 6.39. The Hall–Kier alpha value is -1.49. The average Bonchev–Trinajstić information content (AvgIpc) is 3.05. The van der Waals surface area contributed by atoms with Crippen LogP contribution in [0.1, 0.15) is 26.5 Å². The topological polar surface area (TPSA) is 88.3 Å². The van der Waals surface area contributed by atoms with Gasteiger partial charge in [0, 0.05) is 33.8 Å². The molecule has 1 aromatic rings. The van der Waals surface area contributed by atoms with Gasteiger partial charge in [-0.25, -0.2) is 4.79 Å². The minimum absolute atomic E-state index is 0. The lowest BCUT2D eigenvalue weighted by Gasteiger charge is -2.27. The summed E-state index contributed by atoms with van der Waals surface area (Å²) in [5.74, 6) is 1.45. The van der Waals surface area contributed by atoms with Crippen LogP contribution in [0.15, 0.2) is 27.8 Å². The number of methoxy groups -OCH3 is 1. The lowest BCUT2D eigenvalue weighted by Crippen LogP contribution is -2.45. The van der Waals surface area contributed by atoms with Crippen LogP contribution in [0.2, 0.25) is 0 Å². The molecule has 8 nitrogen and oxygen atoms in total. The molecule has 1 heterocycles. The first-order chi connectivity index (χ1) is 11.9. The Labute approximate surface area is 172 Å². The van der Waals surface area contributed by atoms with Gasteiger partial charge in [0.05, 0.1) is 19.4 Å². The maximum absolute atomic E-state index is 12.3. The van der Waals surface area contributed by atoms with Crippen LogP contribution in [0.3, 0.4) is 0 Å². The molecule has 26 heavy (non-hydrogen) atoms. The van der Waals surface area contributed by atoms with Crippen LogP contribution in [0.4, 0.5) is 4.79 Å². The summed E-state index contributed by atoms with van der Waals surface area (Å²) >= 11 is 0. The number of carbonyl (C=O) groups excluding carboxylic acids is 1. The van der Waals surface area contributed by atoms with Gasteiger partial charge in [-0.3, -0.25) is 4.99 Å². The number of aliphatic imine (C=N–C) groups is 1. The summed E-state index contributed by atoms with van der Waals surface area (Å²) in [6, 6.07) is 3.72. The van der Waals surface area contributed by atoms with Crippen molar-refractivity contribution in [3.8, 4) is 0 Å². The van der Waals surface area contributed by atoms with Crippen molar-refractivity contribution in [3.05, 3.63) is 24.2 Å². The Morgan fingerprint density at radius 2 is 2.04 bits per heavy atom. The summed E-state index contributed by atoms with van der Waals surface area (Å²) in [6.07, 6.45) is 1.27. The van der Waals surface area contributed by atoms with E-state index in [0.717, 1.165) is 5.76 Å². The summed E-state index contributed by atoms with van der Waals surface area (Å²) in [5, 5.41) is 6.31. The van der Waals surface area contributed by atoms with Crippen LogP contribution in [-0.2, 0) is 16.0 Å². The standard InChI is InChI=1S/C17H30N4O4.HI/c1-17(2,3)25-16(22)21(10-12-23-5)9-8-19-15(18-4)20-13-14-7-6-11-24-14;/h6-7,11H,8-10,12-13H2,1-5H3,(H2,18,19,20);1H. The van der Waals surface area contributed by atoms with Gasteiger partial charge in [0.2, 0.25) is 0 Å². The minimum atomic E-state index is -0.531. The van der Waals surface area contributed by atoms with Crippen molar-refractivity contribution in [1.82, 2.24) is 15.5 Å². The van der Waals surface area contributed by atoms with Crippen LogP contribution in [0.5, 0.6) is 0 Å². The molecule has 0 spiro atoms. The largest absolute Gasteiger partial charge is 0.467 e. The van der Waals surface area contributed by atoms with Gasteiger partial charge in [-0.05, 0) is 32.9 Å². The molecule has 0 fully saturated rings.